The van der Waals surface area contributed by atoms with Crippen molar-refractivity contribution in [3.05, 3.63) is 54.6 Å². The van der Waals surface area contributed by atoms with Crippen LogP contribution in [-0.2, 0) is 10.0 Å². The second kappa shape index (κ2) is 10.2. The normalized spacial score (nSPS) is 11.5. The SMILES string of the molecule is CC(C)S(=O)(=O)NCCCCCNc1cccc(Oc2ccccc2)c1. The summed E-state index contributed by atoms with van der Waals surface area (Å²) in [6, 6.07) is 17.6. The van der Waals surface area contributed by atoms with Crippen molar-refractivity contribution in [2.75, 3.05) is 18.4 Å². The minimum absolute atomic E-state index is 0.380. The first kappa shape index (κ1) is 20.3. The molecule has 0 unspecified atom stereocenters. The van der Waals surface area contributed by atoms with Gasteiger partial charge in [-0.25, -0.2) is 13.1 Å². The Labute approximate surface area is 156 Å². The van der Waals surface area contributed by atoms with Gasteiger partial charge in [-0.3, -0.25) is 0 Å². The molecule has 0 aliphatic carbocycles. The van der Waals surface area contributed by atoms with Crippen molar-refractivity contribution in [1.82, 2.24) is 4.72 Å². The zero-order chi connectivity index (χ0) is 18.8. The minimum atomic E-state index is -3.14. The molecular formula is C20H28N2O3S. The lowest BCUT2D eigenvalue weighted by atomic mass is 10.2. The molecule has 142 valence electrons. The van der Waals surface area contributed by atoms with Crippen molar-refractivity contribution < 1.29 is 13.2 Å². The smallest absolute Gasteiger partial charge is 0.213 e. The van der Waals surface area contributed by atoms with E-state index >= 15 is 0 Å². The van der Waals surface area contributed by atoms with Crippen molar-refractivity contribution in [1.29, 1.82) is 0 Å². The first-order chi connectivity index (χ1) is 12.5. The van der Waals surface area contributed by atoms with E-state index in [-0.39, 0.29) is 5.25 Å². The van der Waals surface area contributed by atoms with Gasteiger partial charge in [-0.15, -0.1) is 0 Å². The molecule has 2 rings (SSSR count). The van der Waals surface area contributed by atoms with Crippen LogP contribution >= 0.6 is 0 Å². The molecule has 0 aliphatic rings. The van der Waals surface area contributed by atoms with Crippen LogP contribution in [0.1, 0.15) is 33.1 Å². The van der Waals surface area contributed by atoms with Gasteiger partial charge in [0, 0.05) is 24.8 Å². The molecule has 26 heavy (non-hydrogen) atoms. The molecule has 0 bridgehead atoms. The lowest BCUT2D eigenvalue weighted by molar-refractivity contribution is 0.483. The average Bonchev–Trinajstić information content (AvgIpc) is 2.62. The lowest BCUT2D eigenvalue weighted by Gasteiger charge is -2.10. The summed E-state index contributed by atoms with van der Waals surface area (Å²) in [5.41, 5.74) is 1.01. The first-order valence-electron chi connectivity index (χ1n) is 9.03. The molecule has 0 atom stereocenters. The zero-order valence-corrected chi connectivity index (χ0v) is 16.3. The summed E-state index contributed by atoms with van der Waals surface area (Å²) >= 11 is 0. The number of benzene rings is 2. The highest BCUT2D eigenvalue weighted by Gasteiger charge is 2.13. The average molecular weight is 377 g/mol. The molecule has 0 amide bonds. The van der Waals surface area contributed by atoms with E-state index in [1.54, 1.807) is 13.8 Å². The van der Waals surface area contributed by atoms with E-state index in [1.807, 2.05) is 54.6 Å². The minimum Gasteiger partial charge on any atom is -0.457 e. The Kier molecular flexibility index (Phi) is 7.94. The highest BCUT2D eigenvalue weighted by molar-refractivity contribution is 7.90. The van der Waals surface area contributed by atoms with Gasteiger partial charge in [-0.1, -0.05) is 30.7 Å². The third-order valence-corrected chi connectivity index (χ3v) is 5.77. The molecule has 2 N–H and O–H groups in total. The quantitative estimate of drug-likeness (QED) is 0.571. The molecule has 0 aromatic heterocycles. The second-order valence-corrected chi connectivity index (χ2v) is 8.74. The zero-order valence-electron chi connectivity index (χ0n) is 15.4. The van der Waals surface area contributed by atoms with E-state index in [0.717, 1.165) is 43.0 Å². The summed E-state index contributed by atoms with van der Waals surface area (Å²) in [7, 11) is -3.14. The maximum Gasteiger partial charge on any atom is 0.213 e. The molecule has 0 spiro atoms. The van der Waals surface area contributed by atoms with Gasteiger partial charge in [0.2, 0.25) is 10.0 Å². The Bertz CT molecular complexity index is 762. The van der Waals surface area contributed by atoms with Gasteiger partial charge in [0.15, 0.2) is 0 Å². The topological polar surface area (TPSA) is 67.4 Å². The van der Waals surface area contributed by atoms with Crippen LogP contribution < -0.4 is 14.8 Å². The maximum absolute atomic E-state index is 11.6. The van der Waals surface area contributed by atoms with E-state index in [9.17, 15) is 8.42 Å². The molecule has 0 saturated heterocycles. The maximum atomic E-state index is 11.6. The number of para-hydroxylation sites is 1. The van der Waals surface area contributed by atoms with E-state index in [2.05, 4.69) is 10.0 Å². The monoisotopic (exact) mass is 376 g/mol. The van der Waals surface area contributed by atoms with Gasteiger partial charge in [0.05, 0.1) is 5.25 Å². The number of unbranched alkanes of at least 4 members (excludes halogenated alkanes) is 2. The summed E-state index contributed by atoms with van der Waals surface area (Å²) in [5, 5.41) is 3.00. The molecule has 0 fully saturated rings. The second-order valence-electron chi connectivity index (χ2n) is 6.42. The highest BCUT2D eigenvalue weighted by Crippen LogP contribution is 2.23. The van der Waals surface area contributed by atoms with Gasteiger partial charge in [0.1, 0.15) is 11.5 Å². The van der Waals surface area contributed by atoms with E-state index < -0.39 is 10.0 Å². The predicted octanol–water partition coefficient (Wildman–Crippen LogP) is 4.39. The fourth-order valence-electron chi connectivity index (χ4n) is 2.33. The van der Waals surface area contributed by atoms with Crippen molar-refractivity contribution >= 4 is 15.7 Å². The van der Waals surface area contributed by atoms with Crippen LogP contribution in [0.4, 0.5) is 5.69 Å². The van der Waals surface area contributed by atoms with Crippen LogP contribution in [0, 0.1) is 0 Å². The number of nitrogens with one attached hydrogen (secondary N) is 2. The van der Waals surface area contributed by atoms with Crippen LogP contribution in [0.15, 0.2) is 54.6 Å². The Morgan fingerprint density at radius 2 is 1.58 bits per heavy atom. The fourth-order valence-corrected chi connectivity index (χ4v) is 3.10. The third-order valence-electron chi connectivity index (χ3n) is 3.92. The van der Waals surface area contributed by atoms with Crippen molar-refractivity contribution in [2.24, 2.45) is 0 Å². The molecule has 0 saturated carbocycles. The largest absolute Gasteiger partial charge is 0.457 e. The predicted molar refractivity (Wildman–Crippen MR) is 107 cm³/mol. The van der Waals surface area contributed by atoms with Crippen LogP contribution in [0.3, 0.4) is 0 Å². The molecule has 0 aliphatic heterocycles. The van der Waals surface area contributed by atoms with E-state index in [1.165, 1.54) is 0 Å². The first-order valence-corrected chi connectivity index (χ1v) is 10.6. The molecule has 2 aromatic rings. The Balaban J connectivity index is 1.66. The van der Waals surface area contributed by atoms with Gasteiger partial charge in [-0.2, -0.15) is 0 Å². The van der Waals surface area contributed by atoms with Crippen molar-refractivity contribution in [2.45, 2.75) is 38.4 Å². The summed E-state index contributed by atoms with van der Waals surface area (Å²) in [4.78, 5) is 0. The summed E-state index contributed by atoms with van der Waals surface area (Å²) < 4.78 is 31.7. The van der Waals surface area contributed by atoms with Crippen molar-refractivity contribution in [3.63, 3.8) is 0 Å². The number of hydrogen-bond acceptors (Lipinski definition) is 4. The van der Waals surface area contributed by atoms with Crippen LogP contribution in [0.5, 0.6) is 11.5 Å². The van der Waals surface area contributed by atoms with Gasteiger partial charge in [-0.05, 0) is 51.0 Å². The fraction of sp³-hybridized carbons (Fsp3) is 0.400. The van der Waals surface area contributed by atoms with Gasteiger partial charge in [0.25, 0.3) is 0 Å². The van der Waals surface area contributed by atoms with Gasteiger partial charge < -0.3 is 10.1 Å². The van der Waals surface area contributed by atoms with Crippen LogP contribution in [-0.4, -0.2) is 26.8 Å². The molecule has 5 nitrogen and oxygen atoms in total. The van der Waals surface area contributed by atoms with Crippen LogP contribution in [0.2, 0.25) is 0 Å². The van der Waals surface area contributed by atoms with Crippen LogP contribution in [0.25, 0.3) is 0 Å². The molecule has 0 radical (unpaired) electrons. The lowest BCUT2D eigenvalue weighted by Crippen LogP contribution is -2.31. The molecular weight excluding hydrogens is 348 g/mol. The van der Waals surface area contributed by atoms with Crippen molar-refractivity contribution in [3.8, 4) is 11.5 Å². The number of ether oxygens (including phenoxy) is 1. The number of sulfonamides is 1. The third kappa shape index (κ3) is 7.06. The Morgan fingerprint density at radius 1 is 0.885 bits per heavy atom. The number of rotatable bonds is 11. The molecule has 0 heterocycles. The van der Waals surface area contributed by atoms with E-state index in [0.29, 0.717) is 6.54 Å². The Hall–Kier alpha value is -2.05. The van der Waals surface area contributed by atoms with Gasteiger partial charge >= 0.3 is 0 Å². The number of hydrogen-bond donors (Lipinski definition) is 2. The number of anilines is 1. The molecule has 6 heteroatoms. The highest BCUT2D eigenvalue weighted by atomic mass is 32.2. The molecule has 2 aromatic carbocycles. The summed E-state index contributed by atoms with van der Waals surface area (Å²) in [6.45, 7) is 4.70. The summed E-state index contributed by atoms with van der Waals surface area (Å²) in [5.74, 6) is 1.61. The Morgan fingerprint density at radius 3 is 2.31 bits per heavy atom. The summed E-state index contributed by atoms with van der Waals surface area (Å²) in [6.07, 6.45) is 2.78. The standard InChI is InChI=1S/C20H28N2O3S/c1-17(2)26(23,24)22-15-8-4-7-14-21-18-10-9-13-20(16-18)25-19-11-5-3-6-12-19/h3,5-6,9-13,16-17,21-22H,4,7-8,14-15H2,1-2H3. The van der Waals surface area contributed by atoms with E-state index in [4.69, 9.17) is 4.74 Å².